The van der Waals surface area contributed by atoms with Crippen LogP contribution >= 0.6 is 0 Å². The maximum Gasteiger partial charge on any atom is 0.268 e. The number of rotatable bonds is 16. The van der Waals surface area contributed by atoms with Crippen molar-refractivity contribution < 1.29 is 46.4 Å². The fourth-order valence-corrected chi connectivity index (χ4v) is 13.9. The number of hydrogen-bond acceptors (Lipinski definition) is 13. The SMILES string of the molecule is COc1nc2c(cc1Oc1cc(N3CCC4(CC3)CC(N3CCN(Cc5ccc(F)cc5)CC3c3ccccc3C(C)C)C4)ccc1C(=O)NS(=O)(=O)c1cc([NH+](C)[O-])c(OCC3CCC(C)(O)CC3)c3[nH]cnc13)C(F)=CC2. The van der Waals surface area contributed by atoms with Gasteiger partial charge in [0.15, 0.2) is 11.4 Å². The highest BCUT2D eigenvalue weighted by molar-refractivity contribution is 7.90. The number of aromatic nitrogens is 3. The summed E-state index contributed by atoms with van der Waals surface area (Å²) in [7, 11) is -2.01. The topological polar surface area (TPSA) is 190 Å². The molecule has 19 heteroatoms. The molecule has 2 unspecified atom stereocenters. The first kappa shape index (κ1) is 54.5. The number of ether oxygens (including phenoxy) is 3. The van der Waals surface area contributed by atoms with Gasteiger partial charge in [-0.05, 0) is 129 Å². The largest absolute Gasteiger partial charge is 0.629 e. The van der Waals surface area contributed by atoms with E-state index in [9.17, 15) is 27.9 Å². The molecule has 0 radical (unpaired) electrons. The summed E-state index contributed by atoms with van der Waals surface area (Å²) in [6.07, 6.45) is 9.71. The average Bonchev–Trinajstić information content (AvgIpc) is 4.27. The van der Waals surface area contributed by atoms with Gasteiger partial charge in [0.1, 0.15) is 33.3 Å². The van der Waals surface area contributed by atoms with E-state index < -0.39 is 37.3 Å². The second-order valence-corrected chi connectivity index (χ2v) is 24.7. The average molecular weight is 1100 g/mol. The van der Waals surface area contributed by atoms with Crippen LogP contribution in [0.15, 0.2) is 96.2 Å². The summed E-state index contributed by atoms with van der Waals surface area (Å²) in [4.78, 5) is 33.4. The van der Waals surface area contributed by atoms with Crippen molar-refractivity contribution in [1.82, 2.24) is 29.5 Å². The van der Waals surface area contributed by atoms with Crippen LogP contribution in [-0.4, -0.2) is 109 Å². The van der Waals surface area contributed by atoms with Gasteiger partial charge >= 0.3 is 0 Å². The predicted octanol–water partition coefficient (Wildman–Crippen LogP) is 9.28. The molecule has 2 saturated carbocycles. The molecular formula is C60H70F2N8O8S. The number of halogens is 2. The van der Waals surface area contributed by atoms with Crippen molar-refractivity contribution in [2.45, 2.75) is 114 Å². The summed E-state index contributed by atoms with van der Waals surface area (Å²) >= 11 is 0. The fraction of sp³-hybridized carbons (Fsp3) is 0.450. The minimum absolute atomic E-state index is 0.00611. The summed E-state index contributed by atoms with van der Waals surface area (Å²) < 4.78 is 78.4. The number of pyridine rings is 1. The molecule has 3 aliphatic carbocycles. The minimum Gasteiger partial charge on any atom is -0.629 e. The van der Waals surface area contributed by atoms with Gasteiger partial charge in [0, 0.05) is 81.2 Å². The normalized spacial score (nSPS) is 22.2. The number of nitrogens with zero attached hydrogens (tertiary/aromatic N) is 5. The first-order chi connectivity index (χ1) is 37.9. The third-order valence-electron chi connectivity index (χ3n) is 17.3. The summed E-state index contributed by atoms with van der Waals surface area (Å²) in [6, 6.07) is 24.0. The van der Waals surface area contributed by atoms with Crippen LogP contribution in [0.4, 0.5) is 20.2 Å². The van der Waals surface area contributed by atoms with Crippen LogP contribution in [0.25, 0.3) is 16.9 Å². The van der Waals surface area contributed by atoms with E-state index in [1.54, 1.807) is 12.1 Å². The number of aliphatic hydroxyl groups is 1. The Morgan fingerprint density at radius 1 is 0.975 bits per heavy atom. The van der Waals surface area contributed by atoms with Gasteiger partial charge in [-0.25, -0.2) is 31.9 Å². The Morgan fingerprint density at radius 3 is 2.44 bits per heavy atom. The lowest BCUT2D eigenvalue weighted by atomic mass is 9.59. The van der Waals surface area contributed by atoms with Gasteiger partial charge in [-0.3, -0.25) is 14.6 Å². The zero-order valence-corrected chi connectivity index (χ0v) is 46.3. The van der Waals surface area contributed by atoms with E-state index in [4.69, 9.17) is 14.2 Å². The number of methoxy groups -OCH3 is 1. The van der Waals surface area contributed by atoms with E-state index in [1.165, 1.54) is 68.0 Å². The first-order valence-corrected chi connectivity index (χ1v) is 29.1. The molecule has 79 heavy (non-hydrogen) atoms. The number of H-pyrrole nitrogens is 1. The number of aromatic amines is 1. The maximum absolute atomic E-state index is 15.1. The van der Waals surface area contributed by atoms with Gasteiger partial charge in [0.25, 0.3) is 21.8 Å². The van der Waals surface area contributed by atoms with E-state index in [0.29, 0.717) is 30.5 Å². The summed E-state index contributed by atoms with van der Waals surface area (Å²) in [5.74, 6) is -0.999. The lowest BCUT2D eigenvalue weighted by molar-refractivity contribution is -0.751. The van der Waals surface area contributed by atoms with Gasteiger partial charge in [-0.15, -0.1) is 0 Å². The van der Waals surface area contributed by atoms with Gasteiger partial charge in [0.2, 0.25) is 5.75 Å². The number of quaternary nitrogens is 1. The Kier molecular flexibility index (Phi) is 15.1. The molecule has 4 aromatic carbocycles. The Hall–Kier alpha value is -6.48. The van der Waals surface area contributed by atoms with E-state index in [0.717, 1.165) is 89.0 Å². The van der Waals surface area contributed by atoms with Crippen LogP contribution in [-0.2, 0) is 23.0 Å². The number of anilines is 1. The van der Waals surface area contributed by atoms with Gasteiger partial charge in [-0.1, -0.05) is 50.2 Å². The fourth-order valence-electron chi connectivity index (χ4n) is 12.8. The molecule has 2 atom stereocenters. The highest BCUT2D eigenvalue weighted by Crippen LogP contribution is 2.54. The van der Waals surface area contributed by atoms with Gasteiger partial charge < -0.3 is 39.5 Å². The Balaban J connectivity index is 0.828. The number of hydroxylamine groups is 1. The van der Waals surface area contributed by atoms with E-state index in [2.05, 4.69) is 72.5 Å². The van der Waals surface area contributed by atoms with E-state index >= 15 is 4.39 Å². The molecular weight excluding hydrogens is 1030 g/mol. The number of fused-ring (bicyclic) bond motifs is 2. The highest BCUT2D eigenvalue weighted by Gasteiger charge is 2.50. The Labute approximate surface area is 460 Å². The monoisotopic (exact) mass is 1100 g/mol. The molecule has 2 saturated heterocycles. The smallest absolute Gasteiger partial charge is 0.268 e. The second kappa shape index (κ2) is 21.9. The number of benzene rings is 4. The Morgan fingerprint density at radius 2 is 1.72 bits per heavy atom. The van der Waals surface area contributed by atoms with Crippen LogP contribution in [0.3, 0.4) is 0 Å². The molecule has 2 aliphatic heterocycles. The molecule has 418 valence electrons. The number of sulfonamides is 1. The van der Waals surface area contributed by atoms with Crippen molar-refractivity contribution >= 4 is 44.2 Å². The number of imidazole rings is 1. The molecule has 5 aliphatic rings. The summed E-state index contributed by atoms with van der Waals surface area (Å²) in [6.45, 7) is 11.5. The number of hydrogen-bond donors (Lipinski definition) is 4. The number of carbonyl (C=O) groups excluding carboxylic acids is 1. The number of allylic oxidation sites excluding steroid dienone is 1. The van der Waals surface area contributed by atoms with Crippen LogP contribution in [0.2, 0.25) is 0 Å². The van der Waals surface area contributed by atoms with Crippen molar-refractivity contribution in [3.63, 3.8) is 0 Å². The first-order valence-electron chi connectivity index (χ1n) is 27.6. The number of nitrogens with one attached hydrogen (secondary N) is 3. The molecule has 1 amide bonds. The minimum atomic E-state index is -4.73. The van der Waals surface area contributed by atoms with Crippen LogP contribution in [0.1, 0.15) is 122 Å². The molecule has 2 aromatic heterocycles. The van der Waals surface area contributed by atoms with Crippen molar-refractivity contribution in [2.24, 2.45) is 11.3 Å². The molecule has 0 bridgehead atoms. The molecule has 11 rings (SSSR count). The number of piperidine rings is 1. The summed E-state index contributed by atoms with van der Waals surface area (Å²) in [5, 5.41) is 23.2. The standard InChI is InChI=1S/C60H70F2N8O8S/c1-37(2)43-8-6-7-9-44(43)50-34-68(33-38-10-12-40(61)13-11-38)26-27-70(50)42-31-60(32-42)22-24-69(25-23-60)41-14-15-45(51(28-41)78-52-29-46-47(62)16-17-48(46)65-58(52)76-5)57(71)66-79(74,75)53-30-49(67(4)73)56(55-54(53)63-36-64-55)77-35-39-18-20-59(3,72)21-19-39/h6-16,28-30,36-37,39,42,50,67,72H,17-27,31-35H2,1-5H3,(H,63,64)(H,66,71). The molecule has 1 spiro atoms. The van der Waals surface area contributed by atoms with Crippen LogP contribution < -0.4 is 28.9 Å². The molecule has 16 nitrogen and oxygen atoms in total. The van der Waals surface area contributed by atoms with Crippen LogP contribution in [0.5, 0.6) is 23.1 Å². The quantitative estimate of drug-likeness (QED) is 0.0672. The third kappa shape index (κ3) is 11.2. The number of amides is 1. The second-order valence-electron chi connectivity index (χ2n) is 23.1. The van der Waals surface area contributed by atoms with Crippen molar-refractivity contribution in [3.05, 3.63) is 136 Å². The third-order valence-corrected chi connectivity index (χ3v) is 18.7. The molecule has 6 aromatic rings. The van der Waals surface area contributed by atoms with E-state index in [-0.39, 0.29) is 87.2 Å². The molecule has 4 N–H and O–H groups in total. The van der Waals surface area contributed by atoms with Crippen LogP contribution in [0, 0.1) is 22.4 Å². The van der Waals surface area contributed by atoms with E-state index in [1.807, 2.05) is 19.1 Å². The predicted molar refractivity (Wildman–Crippen MR) is 297 cm³/mol. The number of piperazine rings is 1. The van der Waals surface area contributed by atoms with Crippen molar-refractivity contribution in [2.75, 3.05) is 58.4 Å². The lowest BCUT2D eigenvalue weighted by Gasteiger charge is -2.58. The Bertz CT molecular complexity index is 3380. The number of carbonyl (C=O) groups is 1. The van der Waals surface area contributed by atoms with Crippen molar-refractivity contribution in [1.29, 1.82) is 0 Å². The molecule has 4 fully saturated rings. The zero-order chi connectivity index (χ0) is 55.4. The van der Waals surface area contributed by atoms with Gasteiger partial charge in [0.05, 0.1) is 44.0 Å². The summed E-state index contributed by atoms with van der Waals surface area (Å²) in [5.41, 5.74) is 4.72. The molecule has 4 heterocycles. The van der Waals surface area contributed by atoms with Crippen molar-refractivity contribution in [3.8, 4) is 23.1 Å². The zero-order valence-electron chi connectivity index (χ0n) is 45.5. The lowest BCUT2D eigenvalue weighted by Crippen LogP contribution is -2.98. The highest BCUT2D eigenvalue weighted by atomic mass is 32.2. The maximum atomic E-state index is 15.1. The van der Waals surface area contributed by atoms with Gasteiger partial charge in [-0.2, -0.15) is 0 Å².